The molecule has 0 aromatic heterocycles. The molecular weight excluding hydrogens is 396 g/mol. The van der Waals surface area contributed by atoms with Gasteiger partial charge in [-0.3, -0.25) is 0 Å². The maximum atomic E-state index is 3.89. The molecule has 4 rings (SSSR count). The summed E-state index contributed by atoms with van der Waals surface area (Å²) in [5, 5.41) is 0. The molecule has 0 aliphatic heterocycles. The van der Waals surface area contributed by atoms with Crippen molar-refractivity contribution in [3.05, 3.63) is 35.4 Å². The number of halogens is 3. The third-order valence-corrected chi connectivity index (χ3v) is 9.55. The van der Waals surface area contributed by atoms with Gasteiger partial charge in [0.25, 0.3) is 0 Å². The van der Waals surface area contributed by atoms with Crippen molar-refractivity contribution in [3.63, 3.8) is 0 Å². The Kier molecular flexibility index (Phi) is 2.08. The Morgan fingerprint density at radius 2 is 1.69 bits per heavy atom. The van der Waals surface area contributed by atoms with Crippen LogP contribution in [0.2, 0.25) is 0 Å². The predicted molar refractivity (Wildman–Crippen MR) is 76.8 cm³/mol. The molecular formula is C13H11Br3. The molecule has 0 radical (unpaired) electrons. The monoisotopic (exact) mass is 404 g/mol. The molecule has 3 aliphatic carbocycles. The quantitative estimate of drug-likeness (QED) is 0.544. The standard InChI is InChI=1S/C13H11Br3/c14-12-8-5-9(13(12,15)16)11-7-4-2-1-3-6(7)10(8)11/h1-4,8-12H,5H2/t8-,9+,10-,11+,12+/m1/s1. The molecule has 0 saturated heterocycles. The Bertz CT molecular complexity index is 468. The van der Waals surface area contributed by atoms with Gasteiger partial charge in [-0.15, -0.1) is 0 Å². The first-order chi connectivity index (χ1) is 7.62. The van der Waals surface area contributed by atoms with Gasteiger partial charge in [0.15, 0.2) is 0 Å². The smallest absolute Gasteiger partial charge is 0.0863 e. The maximum absolute atomic E-state index is 3.89. The molecule has 0 unspecified atom stereocenters. The summed E-state index contributed by atoms with van der Waals surface area (Å²) in [7, 11) is 0. The van der Waals surface area contributed by atoms with Crippen LogP contribution in [0.25, 0.3) is 0 Å². The number of benzene rings is 1. The lowest BCUT2D eigenvalue weighted by Crippen LogP contribution is -2.44. The van der Waals surface area contributed by atoms with Crippen molar-refractivity contribution in [2.24, 2.45) is 11.8 Å². The lowest BCUT2D eigenvalue weighted by Gasteiger charge is -2.49. The number of rotatable bonds is 0. The first-order valence-electron chi connectivity index (χ1n) is 5.73. The molecule has 0 nitrogen and oxygen atoms in total. The molecule has 84 valence electrons. The van der Waals surface area contributed by atoms with Crippen molar-refractivity contribution in [2.45, 2.75) is 26.3 Å². The van der Waals surface area contributed by atoms with Gasteiger partial charge in [-0.05, 0) is 41.2 Å². The van der Waals surface area contributed by atoms with E-state index in [1.807, 2.05) is 0 Å². The summed E-state index contributed by atoms with van der Waals surface area (Å²) < 4.78 is 0.110. The highest BCUT2D eigenvalue weighted by Crippen LogP contribution is 2.74. The van der Waals surface area contributed by atoms with Gasteiger partial charge >= 0.3 is 0 Å². The highest BCUT2D eigenvalue weighted by molar-refractivity contribution is 9.26. The van der Waals surface area contributed by atoms with Crippen LogP contribution in [0.15, 0.2) is 24.3 Å². The Balaban J connectivity index is 1.85. The van der Waals surface area contributed by atoms with Gasteiger partial charge in [-0.25, -0.2) is 0 Å². The second-order valence-corrected chi connectivity index (χ2v) is 9.94. The molecule has 2 saturated carbocycles. The molecule has 3 aliphatic rings. The minimum Gasteiger partial charge on any atom is -0.0863 e. The second kappa shape index (κ2) is 3.16. The van der Waals surface area contributed by atoms with Crippen molar-refractivity contribution in [1.29, 1.82) is 0 Å². The average molecular weight is 407 g/mol. The summed E-state index contributed by atoms with van der Waals surface area (Å²) in [6.07, 6.45) is 1.34. The van der Waals surface area contributed by atoms with E-state index >= 15 is 0 Å². The van der Waals surface area contributed by atoms with Crippen LogP contribution in [-0.4, -0.2) is 8.06 Å². The van der Waals surface area contributed by atoms with E-state index in [1.165, 1.54) is 6.42 Å². The van der Waals surface area contributed by atoms with Crippen LogP contribution in [-0.2, 0) is 0 Å². The van der Waals surface area contributed by atoms with Crippen LogP contribution >= 0.6 is 47.8 Å². The van der Waals surface area contributed by atoms with Crippen LogP contribution < -0.4 is 0 Å². The largest absolute Gasteiger partial charge is 0.0966 e. The van der Waals surface area contributed by atoms with Crippen LogP contribution in [0.5, 0.6) is 0 Å². The van der Waals surface area contributed by atoms with Crippen molar-refractivity contribution in [1.82, 2.24) is 0 Å². The Morgan fingerprint density at radius 3 is 2.38 bits per heavy atom. The fourth-order valence-electron chi connectivity index (χ4n) is 4.15. The van der Waals surface area contributed by atoms with E-state index in [9.17, 15) is 0 Å². The van der Waals surface area contributed by atoms with Gasteiger partial charge in [-0.2, -0.15) is 0 Å². The summed E-state index contributed by atoms with van der Waals surface area (Å²) in [5.41, 5.74) is 3.21. The van der Waals surface area contributed by atoms with E-state index in [0.717, 1.165) is 23.7 Å². The molecule has 0 N–H and O–H groups in total. The zero-order valence-electron chi connectivity index (χ0n) is 8.54. The molecule has 16 heavy (non-hydrogen) atoms. The lowest BCUT2D eigenvalue weighted by atomic mass is 9.61. The van der Waals surface area contributed by atoms with Gasteiger partial charge in [0.2, 0.25) is 0 Å². The number of hydrogen-bond acceptors (Lipinski definition) is 0. The summed E-state index contributed by atoms with van der Waals surface area (Å²) in [6, 6.07) is 8.99. The lowest BCUT2D eigenvalue weighted by molar-refractivity contribution is 0.332. The Labute approximate surface area is 121 Å². The van der Waals surface area contributed by atoms with Gasteiger partial charge < -0.3 is 0 Å². The SMILES string of the molecule is Br[C@H]1[C@@H]2C[C@@H]([C@@H]3c4ccccc4[C@H]23)C1(Br)Br. The van der Waals surface area contributed by atoms with E-state index in [4.69, 9.17) is 0 Å². The van der Waals surface area contributed by atoms with E-state index in [1.54, 1.807) is 11.1 Å². The normalized spacial score (nSPS) is 46.1. The van der Waals surface area contributed by atoms with Gasteiger partial charge in [0.05, 0.1) is 3.23 Å². The first kappa shape index (κ1) is 10.6. The van der Waals surface area contributed by atoms with Crippen molar-refractivity contribution < 1.29 is 0 Å². The maximum Gasteiger partial charge on any atom is 0.0966 e. The first-order valence-corrected chi connectivity index (χ1v) is 8.23. The number of fused-ring (bicyclic) bond motifs is 8. The second-order valence-electron chi connectivity index (χ2n) is 5.26. The van der Waals surface area contributed by atoms with Gasteiger partial charge in [-0.1, -0.05) is 72.1 Å². The molecule has 0 heterocycles. The zero-order chi connectivity index (χ0) is 11.1. The van der Waals surface area contributed by atoms with Crippen molar-refractivity contribution >= 4 is 47.8 Å². The van der Waals surface area contributed by atoms with Gasteiger partial charge in [0.1, 0.15) is 0 Å². The molecule has 1 aromatic carbocycles. The summed E-state index contributed by atoms with van der Waals surface area (Å²) >= 11 is 11.7. The third-order valence-electron chi connectivity index (χ3n) is 4.76. The topological polar surface area (TPSA) is 0 Å². The Hall–Kier alpha value is 0.660. The molecule has 5 atom stereocenters. The average Bonchev–Trinajstić information content (AvgIpc) is 2.68. The van der Waals surface area contributed by atoms with E-state index in [-0.39, 0.29) is 3.23 Å². The minimum absolute atomic E-state index is 0.110. The number of hydrogen-bond donors (Lipinski definition) is 0. The molecule has 2 fully saturated rings. The summed E-state index contributed by atoms with van der Waals surface area (Å²) in [5.74, 6) is 3.13. The zero-order valence-corrected chi connectivity index (χ0v) is 13.3. The Morgan fingerprint density at radius 1 is 1.06 bits per heavy atom. The van der Waals surface area contributed by atoms with E-state index in [0.29, 0.717) is 4.83 Å². The molecule has 1 aromatic rings. The molecule has 3 heteroatoms. The minimum atomic E-state index is 0.110. The van der Waals surface area contributed by atoms with Crippen molar-refractivity contribution in [3.8, 4) is 0 Å². The van der Waals surface area contributed by atoms with Crippen LogP contribution in [0, 0.1) is 11.8 Å². The van der Waals surface area contributed by atoms with Crippen LogP contribution in [0.1, 0.15) is 29.4 Å². The summed E-state index contributed by atoms with van der Waals surface area (Å²) in [6.45, 7) is 0. The van der Waals surface area contributed by atoms with Gasteiger partial charge in [0, 0.05) is 4.83 Å². The van der Waals surface area contributed by atoms with E-state index in [2.05, 4.69) is 72.1 Å². The van der Waals surface area contributed by atoms with Crippen molar-refractivity contribution in [2.75, 3.05) is 0 Å². The fourth-order valence-corrected chi connectivity index (χ4v) is 6.65. The molecule has 2 bridgehead atoms. The summed E-state index contributed by atoms with van der Waals surface area (Å²) in [4.78, 5) is 0.555. The highest BCUT2D eigenvalue weighted by Gasteiger charge is 2.67. The van der Waals surface area contributed by atoms with Crippen LogP contribution in [0.4, 0.5) is 0 Å². The predicted octanol–water partition coefficient (Wildman–Crippen LogP) is 4.77. The fraction of sp³-hybridized carbons (Fsp3) is 0.538. The van der Waals surface area contributed by atoms with Crippen LogP contribution in [0.3, 0.4) is 0 Å². The highest BCUT2D eigenvalue weighted by atomic mass is 79.9. The third kappa shape index (κ3) is 1.03. The van der Waals surface area contributed by atoms with E-state index < -0.39 is 0 Å². The molecule has 0 spiro atoms. The number of alkyl halides is 3. The molecule has 0 amide bonds.